The Labute approximate surface area is 88.1 Å². The zero-order valence-corrected chi connectivity index (χ0v) is 9.16. The summed E-state index contributed by atoms with van der Waals surface area (Å²) >= 11 is 1.78. The van der Waals surface area contributed by atoms with Gasteiger partial charge in [0.15, 0.2) is 0 Å². The van der Waals surface area contributed by atoms with E-state index in [-0.39, 0.29) is 0 Å². The highest BCUT2D eigenvalue weighted by molar-refractivity contribution is 8.14. The van der Waals surface area contributed by atoms with Crippen molar-refractivity contribution in [2.45, 2.75) is 19.9 Å². The zero-order chi connectivity index (χ0) is 9.97. The third-order valence-electron chi connectivity index (χ3n) is 2.23. The Balaban J connectivity index is 2.18. The molecule has 0 aliphatic carbocycles. The van der Waals surface area contributed by atoms with Gasteiger partial charge >= 0.3 is 0 Å². The molecule has 1 aromatic rings. The van der Waals surface area contributed by atoms with Crippen LogP contribution in [0.5, 0.6) is 0 Å². The predicted octanol–water partition coefficient (Wildman–Crippen LogP) is 1.99. The van der Waals surface area contributed by atoms with Gasteiger partial charge in [0.2, 0.25) is 0 Å². The second-order valence-electron chi connectivity index (χ2n) is 3.65. The van der Waals surface area contributed by atoms with Crippen LogP contribution in [0, 0.1) is 5.92 Å². The SMILES string of the molecule is CC(C)C1CSC(c2cnccn2)=N1. The molecule has 3 nitrogen and oxygen atoms in total. The van der Waals surface area contributed by atoms with Crippen molar-refractivity contribution in [1.82, 2.24) is 9.97 Å². The third kappa shape index (κ3) is 1.95. The number of hydrogen-bond donors (Lipinski definition) is 0. The summed E-state index contributed by atoms with van der Waals surface area (Å²) in [7, 11) is 0. The average molecular weight is 207 g/mol. The Kier molecular flexibility index (Phi) is 2.82. The van der Waals surface area contributed by atoms with E-state index in [2.05, 4.69) is 28.8 Å². The summed E-state index contributed by atoms with van der Waals surface area (Å²) in [4.78, 5) is 12.9. The number of nitrogens with zero attached hydrogens (tertiary/aromatic N) is 3. The molecule has 0 saturated carbocycles. The lowest BCUT2D eigenvalue weighted by molar-refractivity contribution is 0.543. The second kappa shape index (κ2) is 4.09. The number of aliphatic imine (C=N–C) groups is 1. The summed E-state index contributed by atoms with van der Waals surface area (Å²) < 4.78 is 0. The van der Waals surface area contributed by atoms with Gasteiger partial charge in [-0.2, -0.15) is 0 Å². The molecule has 1 unspecified atom stereocenters. The van der Waals surface area contributed by atoms with Crippen LogP contribution in [0.2, 0.25) is 0 Å². The summed E-state index contributed by atoms with van der Waals surface area (Å²) in [6.07, 6.45) is 5.17. The lowest BCUT2D eigenvalue weighted by Crippen LogP contribution is -2.11. The standard InChI is InChI=1S/C10H13N3S/c1-7(2)9-6-14-10(13-9)8-5-11-3-4-12-8/h3-5,7,9H,6H2,1-2H3. The van der Waals surface area contributed by atoms with Gasteiger partial charge in [0, 0.05) is 18.1 Å². The van der Waals surface area contributed by atoms with Crippen molar-refractivity contribution in [3.8, 4) is 0 Å². The molecule has 0 N–H and O–H groups in total. The molecule has 0 saturated heterocycles. The molecule has 0 fully saturated rings. The minimum absolute atomic E-state index is 0.442. The molecule has 0 spiro atoms. The quantitative estimate of drug-likeness (QED) is 0.744. The molecule has 2 rings (SSSR count). The first-order chi connectivity index (χ1) is 6.77. The molecule has 4 heteroatoms. The van der Waals surface area contributed by atoms with Crippen molar-refractivity contribution >= 4 is 16.8 Å². The fraction of sp³-hybridized carbons (Fsp3) is 0.500. The molecular formula is C10H13N3S. The molecular weight excluding hydrogens is 194 g/mol. The van der Waals surface area contributed by atoms with Crippen molar-refractivity contribution in [2.24, 2.45) is 10.9 Å². The van der Waals surface area contributed by atoms with Gasteiger partial charge < -0.3 is 0 Å². The van der Waals surface area contributed by atoms with Crippen LogP contribution in [0.3, 0.4) is 0 Å². The van der Waals surface area contributed by atoms with Crippen LogP contribution in [-0.4, -0.2) is 26.8 Å². The second-order valence-corrected chi connectivity index (χ2v) is 4.66. The van der Waals surface area contributed by atoms with Crippen LogP contribution >= 0.6 is 11.8 Å². The Hall–Kier alpha value is -0.900. The maximum atomic E-state index is 4.63. The van der Waals surface area contributed by atoms with Crippen LogP contribution < -0.4 is 0 Å². The monoisotopic (exact) mass is 207 g/mol. The lowest BCUT2D eigenvalue weighted by Gasteiger charge is -2.07. The molecule has 0 amide bonds. The maximum Gasteiger partial charge on any atom is 0.118 e. The summed E-state index contributed by atoms with van der Waals surface area (Å²) in [6.45, 7) is 4.41. The van der Waals surface area contributed by atoms with Crippen LogP contribution in [-0.2, 0) is 0 Å². The van der Waals surface area contributed by atoms with E-state index in [0.29, 0.717) is 12.0 Å². The lowest BCUT2D eigenvalue weighted by atomic mass is 10.1. The van der Waals surface area contributed by atoms with Crippen LogP contribution in [0.4, 0.5) is 0 Å². The van der Waals surface area contributed by atoms with Crippen molar-refractivity contribution in [1.29, 1.82) is 0 Å². The molecule has 1 aliphatic heterocycles. The van der Waals surface area contributed by atoms with Crippen LogP contribution in [0.25, 0.3) is 0 Å². The third-order valence-corrected chi connectivity index (χ3v) is 3.32. The highest BCUT2D eigenvalue weighted by atomic mass is 32.2. The number of rotatable bonds is 2. The van der Waals surface area contributed by atoms with Gasteiger partial charge in [0.25, 0.3) is 0 Å². The van der Waals surface area contributed by atoms with E-state index in [1.54, 1.807) is 30.4 Å². The topological polar surface area (TPSA) is 38.1 Å². The fourth-order valence-corrected chi connectivity index (χ4v) is 2.53. The average Bonchev–Trinajstić information content (AvgIpc) is 2.68. The molecule has 1 atom stereocenters. The van der Waals surface area contributed by atoms with Crippen molar-refractivity contribution in [2.75, 3.05) is 5.75 Å². The van der Waals surface area contributed by atoms with Crippen LogP contribution in [0.1, 0.15) is 19.5 Å². The molecule has 2 heterocycles. The predicted molar refractivity (Wildman–Crippen MR) is 59.7 cm³/mol. The molecule has 14 heavy (non-hydrogen) atoms. The van der Waals surface area contributed by atoms with E-state index in [4.69, 9.17) is 0 Å². The normalized spacial score (nSPS) is 21.4. The number of thioether (sulfide) groups is 1. The number of hydrogen-bond acceptors (Lipinski definition) is 4. The Bertz CT molecular complexity index is 334. The molecule has 1 aliphatic rings. The molecule has 0 bridgehead atoms. The summed E-state index contributed by atoms with van der Waals surface area (Å²) in [5.74, 6) is 1.68. The van der Waals surface area contributed by atoms with E-state index < -0.39 is 0 Å². The Morgan fingerprint density at radius 1 is 1.43 bits per heavy atom. The van der Waals surface area contributed by atoms with E-state index in [1.165, 1.54) is 0 Å². The van der Waals surface area contributed by atoms with Gasteiger partial charge in [-0.05, 0) is 5.92 Å². The Morgan fingerprint density at radius 2 is 2.29 bits per heavy atom. The van der Waals surface area contributed by atoms with Gasteiger partial charge in [-0.3, -0.25) is 15.0 Å². The summed E-state index contributed by atoms with van der Waals surface area (Å²) in [5.41, 5.74) is 0.903. The fourth-order valence-electron chi connectivity index (χ4n) is 1.28. The van der Waals surface area contributed by atoms with E-state index >= 15 is 0 Å². The van der Waals surface area contributed by atoms with Gasteiger partial charge in [-0.15, -0.1) is 11.8 Å². The smallest absolute Gasteiger partial charge is 0.118 e. The largest absolute Gasteiger partial charge is 0.272 e. The van der Waals surface area contributed by atoms with Gasteiger partial charge in [0.1, 0.15) is 10.7 Å². The first-order valence-electron chi connectivity index (χ1n) is 4.74. The summed E-state index contributed by atoms with van der Waals surface area (Å²) in [6, 6.07) is 0.442. The molecule has 74 valence electrons. The van der Waals surface area contributed by atoms with Gasteiger partial charge in [0.05, 0.1) is 12.2 Å². The molecule has 1 aromatic heterocycles. The van der Waals surface area contributed by atoms with E-state index in [9.17, 15) is 0 Å². The van der Waals surface area contributed by atoms with Gasteiger partial charge in [-0.25, -0.2) is 0 Å². The summed E-state index contributed by atoms with van der Waals surface area (Å²) in [5, 5.41) is 1.04. The molecule has 0 aromatic carbocycles. The maximum absolute atomic E-state index is 4.63. The van der Waals surface area contributed by atoms with Crippen molar-refractivity contribution < 1.29 is 0 Å². The van der Waals surface area contributed by atoms with Crippen molar-refractivity contribution in [3.05, 3.63) is 24.3 Å². The molecule has 0 radical (unpaired) electrons. The van der Waals surface area contributed by atoms with E-state index in [1.807, 2.05) is 0 Å². The highest BCUT2D eigenvalue weighted by Gasteiger charge is 2.22. The zero-order valence-electron chi connectivity index (χ0n) is 8.34. The first-order valence-corrected chi connectivity index (χ1v) is 5.73. The number of aromatic nitrogens is 2. The first kappa shape index (κ1) is 9.65. The van der Waals surface area contributed by atoms with Gasteiger partial charge in [-0.1, -0.05) is 13.8 Å². The minimum Gasteiger partial charge on any atom is -0.272 e. The van der Waals surface area contributed by atoms with Crippen molar-refractivity contribution in [3.63, 3.8) is 0 Å². The van der Waals surface area contributed by atoms with Crippen LogP contribution in [0.15, 0.2) is 23.6 Å². The Morgan fingerprint density at radius 3 is 2.86 bits per heavy atom. The highest BCUT2D eigenvalue weighted by Crippen LogP contribution is 2.25. The minimum atomic E-state index is 0.442. The van der Waals surface area contributed by atoms with E-state index in [0.717, 1.165) is 16.5 Å².